The maximum absolute atomic E-state index is 12.5. The van der Waals surface area contributed by atoms with Crippen LogP contribution in [0.1, 0.15) is 32.4 Å². The summed E-state index contributed by atoms with van der Waals surface area (Å²) in [4.78, 5) is 12.5. The summed E-state index contributed by atoms with van der Waals surface area (Å²) in [6, 6.07) is 10.0. The van der Waals surface area contributed by atoms with Crippen LogP contribution in [0.15, 0.2) is 35.1 Å². The van der Waals surface area contributed by atoms with Crippen LogP contribution >= 0.6 is 0 Å². The van der Waals surface area contributed by atoms with Crippen LogP contribution < -0.4 is 5.56 Å². The highest BCUT2D eigenvalue weighted by atomic mass is 28.3. The molecule has 2 aromatic rings. The molecule has 1 aromatic carbocycles. The zero-order valence-corrected chi connectivity index (χ0v) is 15.2. The van der Waals surface area contributed by atoms with Crippen molar-refractivity contribution in [3.8, 4) is 0 Å². The quantitative estimate of drug-likeness (QED) is 0.812. The SMILES string of the molecule is C[SiH](C)OC(C1Cc2cccc3ccc(=O)n1c23)C(C)(C)C. The predicted molar refractivity (Wildman–Crippen MR) is 94.2 cm³/mol. The standard InChI is InChI=1S/C18H25NO2Si/c1-18(2,3)17(21-22(4)5)14-11-13-8-6-7-12-9-10-15(20)19(14)16(12)13/h6-10,14,17,22H,11H2,1-5H3. The molecule has 2 unspecified atom stereocenters. The molecule has 4 heteroatoms. The van der Waals surface area contributed by atoms with Gasteiger partial charge in [0.25, 0.3) is 5.56 Å². The molecule has 0 saturated heterocycles. The molecular formula is C18H25NO2Si. The van der Waals surface area contributed by atoms with Crippen molar-refractivity contribution in [3.63, 3.8) is 0 Å². The van der Waals surface area contributed by atoms with Crippen molar-refractivity contribution in [1.29, 1.82) is 0 Å². The van der Waals surface area contributed by atoms with E-state index >= 15 is 0 Å². The third kappa shape index (κ3) is 2.55. The van der Waals surface area contributed by atoms with E-state index in [1.807, 2.05) is 10.6 Å². The van der Waals surface area contributed by atoms with E-state index in [1.165, 1.54) is 5.56 Å². The molecular weight excluding hydrogens is 290 g/mol. The molecule has 1 aromatic heterocycles. The van der Waals surface area contributed by atoms with Gasteiger partial charge in [-0.1, -0.05) is 39.0 Å². The van der Waals surface area contributed by atoms with Gasteiger partial charge >= 0.3 is 0 Å². The predicted octanol–water partition coefficient (Wildman–Crippen LogP) is 3.51. The molecule has 22 heavy (non-hydrogen) atoms. The van der Waals surface area contributed by atoms with Crippen molar-refractivity contribution in [3.05, 3.63) is 46.2 Å². The molecule has 3 rings (SSSR count). The Morgan fingerprint density at radius 1 is 1.23 bits per heavy atom. The van der Waals surface area contributed by atoms with Gasteiger partial charge in [0.2, 0.25) is 0 Å². The average Bonchev–Trinajstić information content (AvgIpc) is 2.80. The first-order valence-electron chi connectivity index (χ1n) is 8.07. The Bertz CT molecular complexity index is 758. The molecule has 0 aliphatic carbocycles. The lowest BCUT2D eigenvalue weighted by Gasteiger charge is -2.37. The number of aromatic nitrogens is 1. The molecule has 3 nitrogen and oxygen atoms in total. The van der Waals surface area contributed by atoms with Crippen LogP contribution in [0, 0.1) is 5.41 Å². The summed E-state index contributed by atoms with van der Waals surface area (Å²) in [5.74, 6) is 0. The van der Waals surface area contributed by atoms with E-state index in [2.05, 4.69) is 52.1 Å². The maximum atomic E-state index is 12.5. The minimum atomic E-state index is -1.19. The Labute approximate surface area is 133 Å². The molecule has 2 heterocycles. The van der Waals surface area contributed by atoms with E-state index in [0.29, 0.717) is 0 Å². The largest absolute Gasteiger partial charge is 0.415 e. The van der Waals surface area contributed by atoms with Crippen LogP contribution in [0.4, 0.5) is 0 Å². The minimum Gasteiger partial charge on any atom is -0.415 e. The van der Waals surface area contributed by atoms with Gasteiger partial charge in [0, 0.05) is 6.07 Å². The zero-order valence-electron chi connectivity index (χ0n) is 14.1. The van der Waals surface area contributed by atoms with E-state index in [0.717, 1.165) is 17.3 Å². The van der Waals surface area contributed by atoms with Gasteiger partial charge < -0.3 is 8.99 Å². The lowest BCUT2D eigenvalue weighted by Crippen LogP contribution is -2.42. The molecule has 118 valence electrons. The van der Waals surface area contributed by atoms with Crippen LogP contribution in [0.25, 0.3) is 10.9 Å². The third-order valence-corrected chi connectivity index (χ3v) is 5.25. The molecule has 0 bridgehead atoms. The van der Waals surface area contributed by atoms with E-state index in [4.69, 9.17) is 4.43 Å². The Balaban J connectivity index is 2.16. The Hall–Kier alpha value is -1.39. The van der Waals surface area contributed by atoms with Crippen LogP contribution in [0.3, 0.4) is 0 Å². The van der Waals surface area contributed by atoms with E-state index in [-0.39, 0.29) is 23.1 Å². The van der Waals surface area contributed by atoms with Crippen molar-refractivity contribution in [1.82, 2.24) is 4.57 Å². The summed E-state index contributed by atoms with van der Waals surface area (Å²) in [5, 5.41) is 1.15. The second-order valence-corrected chi connectivity index (χ2v) is 10.0. The Morgan fingerprint density at radius 3 is 2.59 bits per heavy atom. The van der Waals surface area contributed by atoms with Crippen molar-refractivity contribution < 1.29 is 4.43 Å². The lowest BCUT2D eigenvalue weighted by atomic mass is 9.83. The Morgan fingerprint density at radius 2 is 1.95 bits per heavy atom. The number of nitrogens with zero attached hydrogens (tertiary/aromatic N) is 1. The molecule has 2 atom stereocenters. The first-order valence-corrected chi connectivity index (χ1v) is 10.9. The molecule has 0 saturated carbocycles. The number of rotatable bonds is 3. The molecule has 0 amide bonds. The first-order chi connectivity index (χ1) is 10.3. The highest BCUT2D eigenvalue weighted by molar-refractivity contribution is 6.48. The lowest BCUT2D eigenvalue weighted by molar-refractivity contribution is 0.0408. The van der Waals surface area contributed by atoms with Crippen molar-refractivity contribution in [2.75, 3.05) is 0 Å². The summed E-state index contributed by atoms with van der Waals surface area (Å²) >= 11 is 0. The van der Waals surface area contributed by atoms with E-state index in [1.54, 1.807) is 6.07 Å². The average molecular weight is 315 g/mol. The number of para-hydroxylation sites is 1. The van der Waals surface area contributed by atoms with Gasteiger partial charge in [-0.05, 0) is 41.9 Å². The van der Waals surface area contributed by atoms with Gasteiger partial charge in [-0.3, -0.25) is 4.79 Å². The van der Waals surface area contributed by atoms with Gasteiger partial charge in [0.05, 0.1) is 17.7 Å². The number of hydrogen-bond donors (Lipinski definition) is 0. The van der Waals surface area contributed by atoms with E-state index < -0.39 is 9.04 Å². The topological polar surface area (TPSA) is 31.2 Å². The minimum absolute atomic E-state index is 0.00554. The van der Waals surface area contributed by atoms with Crippen LogP contribution in [0.2, 0.25) is 13.1 Å². The first kappa shape index (κ1) is 15.5. The second-order valence-electron chi connectivity index (χ2n) is 7.64. The van der Waals surface area contributed by atoms with Gasteiger partial charge in [-0.25, -0.2) is 0 Å². The molecule has 0 spiro atoms. The van der Waals surface area contributed by atoms with Crippen LogP contribution in [-0.2, 0) is 10.8 Å². The fraction of sp³-hybridized carbons (Fsp3) is 0.500. The van der Waals surface area contributed by atoms with Crippen molar-refractivity contribution in [2.45, 2.75) is 52.4 Å². The van der Waals surface area contributed by atoms with Crippen LogP contribution in [-0.4, -0.2) is 19.7 Å². The molecule has 0 fully saturated rings. The molecule has 1 aliphatic rings. The summed E-state index contributed by atoms with van der Waals surface area (Å²) in [6.45, 7) is 11.0. The van der Waals surface area contributed by atoms with Crippen molar-refractivity contribution in [2.24, 2.45) is 5.41 Å². The fourth-order valence-corrected chi connectivity index (χ4v) is 4.79. The molecule has 0 radical (unpaired) electrons. The highest BCUT2D eigenvalue weighted by Crippen LogP contribution is 2.39. The highest BCUT2D eigenvalue weighted by Gasteiger charge is 2.39. The van der Waals surface area contributed by atoms with E-state index in [9.17, 15) is 4.79 Å². The van der Waals surface area contributed by atoms with Gasteiger partial charge in [0.15, 0.2) is 9.04 Å². The fourth-order valence-electron chi connectivity index (χ4n) is 3.61. The maximum Gasteiger partial charge on any atom is 0.251 e. The van der Waals surface area contributed by atoms with Crippen LogP contribution in [0.5, 0.6) is 0 Å². The van der Waals surface area contributed by atoms with Gasteiger partial charge in [0.1, 0.15) is 0 Å². The number of hydrogen-bond acceptors (Lipinski definition) is 2. The zero-order chi connectivity index (χ0) is 16.1. The third-order valence-electron chi connectivity index (χ3n) is 4.42. The molecule has 1 aliphatic heterocycles. The summed E-state index contributed by atoms with van der Waals surface area (Å²) < 4.78 is 8.38. The second kappa shape index (κ2) is 5.35. The molecule has 0 N–H and O–H groups in total. The smallest absolute Gasteiger partial charge is 0.251 e. The summed E-state index contributed by atoms with van der Waals surface area (Å²) in [6.07, 6.45) is 0.953. The Kier molecular flexibility index (Phi) is 3.77. The summed E-state index contributed by atoms with van der Waals surface area (Å²) in [5.41, 5.74) is 2.46. The van der Waals surface area contributed by atoms with Gasteiger partial charge in [-0.2, -0.15) is 0 Å². The summed E-state index contributed by atoms with van der Waals surface area (Å²) in [7, 11) is -1.19. The van der Waals surface area contributed by atoms with Crippen molar-refractivity contribution >= 4 is 19.9 Å². The van der Waals surface area contributed by atoms with Gasteiger partial charge in [-0.15, -0.1) is 0 Å². The monoisotopic (exact) mass is 315 g/mol. The normalized spacial score (nSPS) is 19.1. The number of pyridine rings is 1. The number of benzene rings is 1.